The van der Waals surface area contributed by atoms with Crippen LogP contribution in [0.3, 0.4) is 0 Å². The number of nitrogens with two attached hydrogens (primary N) is 1. The van der Waals surface area contributed by atoms with E-state index in [9.17, 15) is 9.18 Å². The van der Waals surface area contributed by atoms with E-state index in [-0.39, 0.29) is 10.9 Å². The van der Waals surface area contributed by atoms with Crippen molar-refractivity contribution in [2.75, 3.05) is 5.32 Å². The summed E-state index contributed by atoms with van der Waals surface area (Å²) < 4.78 is 13.0. The zero-order valence-corrected chi connectivity index (χ0v) is 8.15. The standard InChI is InChI=1S/C9H8ClFN2O/c1-9(12)5-2-4(11)3-6(10)7(5)13-8(9)14/h2-3H,12H2,1H3,(H,13,14)/t9-/m1/s1. The maximum atomic E-state index is 13.0. The fourth-order valence-electron chi connectivity index (χ4n) is 1.48. The summed E-state index contributed by atoms with van der Waals surface area (Å²) >= 11 is 5.76. The van der Waals surface area contributed by atoms with E-state index >= 15 is 0 Å². The summed E-state index contributed by atoms with van der Waals surface area (Å²) in [4.78, 5) is 11.4. The van der Waals surface area contributed by atoms with Crippen LogP contribution in [0.25, 0.3) is 0 Å². The Morgan fingerprint density at radius 1 is 1.57 bits per heavy atom. The molecule has 0 bridgehead atoms. The number of nitrogens with one attached hydrogen (secondary N) is 1. The molecule has 0 fully saturated rings. The average molecular weight is 215 g/mol. The van der Waals surface area contributed by atoms with E-state index < -0.39 is 11.4 Å². The zero-order chi connectivity index (χ0) is 10.5. The summed E-state index contributed by atoms with van der Waals surface area (Å²) in [6.07, 6.45) is 0. The first-order valence-electron chi connectivity index (χ1n) is 4.03. The van der Waals surface area contributed by atoms with Crippen LogP contribution in [0.2, 0.25) is 5.02 Å². The molecule has 0 saturated carbocycles. The second kappa shape index (κ2) is 2.68. The van der Waals surface area contributed by atoms with Gasteiger partial charge in [0.25, 0.3) is 0 Å². The number of rotatable bonds is 0. The third-order valence-corrected chi connectivity index (χ3v) is 2.62. The van der Waals surface area contributed by atoms with Gasteiger partial charge in [0, 0.05) is 5.56 Å². The van der Waals surface area contributed by atoms with Crippen molar-refractivity contribution in [3.05, 3.63) is 28.5 Å². The van der Waals surface area contributed by atoms with Gasteiger partial charge >= 0.3 is 0 Å². The highest BCUT2D eigenvalue weighted by molar-refractivity contribution is 6.34. The number of hydrogen-bond donors (Lipinski definition) is 2. The number of halogens is 2. The average Bonchev–Trinajstić information content (AvgIpc) is 2.28. The summed E-state index contributed by atoms with van der Waals surface area (Å²) in [6, 6.07) is 2.36. The Balaban J connectivity index is 2.71. The van der Waals surface area contributed by atoms with Crippen LogP contribution in [0.5, 0.6) is 0 Å². The second-order valence-corrected chi connectivity index (χ2v) is 3.87. The van der Waals surface area contributed by atoms with Crippen molar-refractivity contribution in [2.45, 2.75) is 12.5 Å². The molecule has 0 saturated heterocycles. The molecule has 1 atom stereocenters. The molecular weight excluding hydrogens is 207 g/mol. The van der Waals surface area contributed by atoms with Crippen molar-refractivity contribution in [3.8, 4) is 0 Å². The predicted octanol–water partition coefficient (Wildman–Crippen LogP) is 1.61. The highest BCUT2D eigenvalue weighted by atomic mass is 35.5. The summed E-state index contributed by atoms with van der Waals surface area (Å²) in [5, 5.41) is 2.69. The summed E-state index contributed by atoms with van der Waals surface area (Å²) in [5.74, 6) is -0.873. The topological polar surface area (TPSA) is 55.1 Å². The van der Waals surface area contributed by atoms with Gasteiger partial charge in [-0.25, -0.2) is 4.39 Å². The number of benzene rings is 1. The van der Waals surface area contributed by atoms with Crippen molar-refractivity contribution in [3.63, 3.8) is 0 Å². The van der Waals surface area contributed by atoms with Gasteiger partial charge in [-0.3, -0.25) is 4.79 Å². The van der Waals surface area contributed by atoms with Crippen LogP contribution < -0.4 is 11.1 Å². The molecule has 3 nitrogen and oxygen atoms in total. The van der Waals surface area contributed by atoms with E-state index in [1.165, 1.54) is 13.0 Å². The molecule has 0 unspecified atom stereocenters. The molecule has 0 aliphatic carbocycles. The van der Waals surface area contributed by atoms with Crippen LogP contribution in [0.4, 0.5) is 10.1 Å². The number of amides is 1. The number of carbonyl (C=O) groups is 1. The van der Waals surface area contributed by atoms with Crippen LogP contribution in [-0.2, 0) is 10.3 Å². The van der Waals surface area contributed by atoms with Crippen molar-refractivity contribution in [2.24, 2.45) is 5.73 Å². The van der Waals surface area contributed by atoms with Crippen LogP contribution in [0.15, 0.2) is 12.1 Å². The Bertz CT molecular complexity index is 431. The lowest BCUT2D eigenvalue weighted by Gasteiger charge is -2.14. The van der Waals surface area contributed by atoms with Gasteiger partial charge in [0.1, 0.15) is 11.4 Å². The van der Waals surface area contributed by atoms with Crippen LogP contribution in [0.1, 0.15) is 12.5 Å². The van der Waals surface area contributed by atoms with E-state index in [0.29, 0.717) is 11.3 Å². The summed E-state index contributed by atoms with van der Waals surface area (Å²) in [7, 11) is 0. The molecule has 1 heterocycles. The number of anilines is 1. The Hall–Kier alpha value is -1.13. The third-order valence-electron chi connectivity index (χ3n) is 2.32. The Morgan fingerprint density at radius 2 is 2.21 bits per heavy atom. The molecule has 0 spiro atoms. The van der Waals surface area contributed by atoms with Crippen molar-refractivity contribution in [1.82, 2.24) is 0 Å². The van der Waals surface area contributed by atoms with Crippen LogP contribution >= 0.6 is 11.6 Å². The lowest BCUT2D eigenvalue weighted by Crippen LogP contribution is -2.40. The molecule has 74 valence electrons. The van der Waals surface area contributed by atoms with Crippen LogP contribution in [-0.4, -0.2) is 5.91 Å². The first kappa shape index (κ1) is 9.43. The first-order chi connectivity index (χ1) is 6.43. The van der Waals surface area contributed by atoms with Gasteiger partial charge in [-0.2, -0.15) is 0 Å². The van der Waals surface area contributed by atoms with Gasteiger partial charge in [-0.15, -0.1) is 0 Å². The molecule has 1 amide bonds. The molecule has 1 aromatic carbocycles. The minimum Gasteiger partial charge on any atom is -0.323 e. The molecular formula is C9H8ClFN2O. The van der Waals surface area contributed by atoms with Crippen molar-refractivity contribution < 1.29 is 9.18 Å². The fourth-order valence-corrected chi connectivity index (χ4v) is 1.73. The van der Waals surface area contributed by atoms with Gasteiger partial charge in [-0.05, 0) is 19.1 Å². The molecule has 5 heteroatoms. The normalized spacial score (nSPS) is 24.7. The maximum absolute atomic E-state index is 13.0. The quantitative estimate of drug-likeness (QED) is 0.689. The van der Waals surface area contributed by atoms with E-state index in [1.807, 2.05) is 0 Å². The zero-order valence-electron chi connectivity index (χ0n) is 7.40. The van der Waals surface area contributed by atoms with Gasteiger partial charge in [0.2, 0.25) is 5.91 Å². The Morgan fingerprint density at radius 3 is 2.86 bits per heavy atom. The lowest BCUT2D eigenvalue weighted by atomic mass is 9.95. The summed E-state index contributed by atoms with van der Waals surface area (Å²) in [5.41, 5.74) is 5.33. The number of hydrogen-bond acceptors (Lipinski definition) is 2. The number of carbonyl (C=O) groups excluding carboxylic acids is 1. The molecule has 1 aromatic rings. The highest BCUT2D eigenvalue weighted by Gasteiger charge is 2.40. The first-order valence-corrected chi connectivity index (χ1v) is 4.40. The fraction of sp³-hybridized carbons (Fsp3) is 0.222. The van der Waals surface area contributed by atoms with Gasteiger partial charge in [0.05, 0.1) is 10.7 Å². The monoisotopic (exact) mass is 214 g/mol. The second-order valence-electron chi connectivity index (χ2n) is 3.47. The lowest BCUT2D eigenvalue weighted by molar-refractivity contribution is -0.120. The molecule has 0 aromatic heterocycles. The van der Waals surface area contributed by atoms with Gasteiger partial charge in [-0.1, -0.05) is 11.6 Å². The maximum Gasteiger partial charge on any atom is 0.248 e. The smallest absolute Gasteiger partial charge is 0.248 e. The molecule has 1 aliphatic rings. The predicted molar refractivity (Wildman–Crippen MR) is 51.6 cm³/mol. The van der Waals surface area contributed by atoms with Crippen LogP contribution in [0, 0.1) is 5.82 Å². The van der Waals surface area contributed by atoms with Gasteiger partial charge in [0.15, 0.2) is 0 Å². The highest BCUT2D eigenvalue weighted by Crippen LogP contribution is 2.39. The van der Waals surface area contributed by atoms with E-state index in [4.69, 9.17) is 17.3 Å². The molecule has 14 heavy (non-hydrogen) atoms. The number of fused-ring (bicyclic) bond motifs is 1. The Kier molecular flexibility index (Phi) is 1.81. The van der Waals surface area contributed by atoms with Crippen molar-refractivity contribution >= 4 is 23.2 Å². The Labute approximate surface area is 85.0 Å². The minimum absolute atomic E-state index is 0.169. The van der Waals surface area contributed by atoms with Crippen molar-refractivity contribution in [1.29, 1.82) is 0 Å². The summed E-state index contributed by atoms with van der Waals surface area (Å²) in [6.45, 7) is 1.52. The van der Waals surface area contributed by atoms with E-state index in [0.717, 1.165) is 6.07 Å². The van der Waals surface area contributed by atoms with E-state index in [2.05, 4.69) is 5.32 Å². The third kappa shape index (κ3) is 1.11. The molecule has 1 aliphatic heterocycles. The SMILES string of the molecule is C[C@]1(N)C(=O)Nc2c(Cl)cc(F)cc21. The molecule has 3 N–H and O–H groups in total. The minimum atomic E-state index is -1.21. The largest absolute Gasteiger partial charge is 0.323 e. The molecule has 0 radical (unpaired) electrons. The molecule has 2 rings (SSSR count). The van der Waals surface area contributed by atoms with E-state index in [1.54, 1.807) is 0 Å². The van der Waals surface area contributed by atoms with Gasteiger partial charge < -0.3 is 11.1 Å².